The quantitative estimate of drug-likeness (QED) is 0.455. The minimum atomic E-state index is 0. The largest absolute Gasteiger partial charge is 0 e. The molecule has 0 rings (SSSR count). The van der Waals surface area contributed by atoms with Crippen LogP contribution >= 0.6 is 0 Å². The molecule has 1 radical (unpaired) electrons. The van der Waals surface area contributed by atoms with Gasteiger partial charge in [-0.2, -0.15) is 0 Å². The second-order valence-electron chi connectivity index (χ2n) is 0. The maximum absolute atomic E-state index is 0. The monoisotopic (exact) mass is 339 g/mol. The van der Waals surface area contributed by atoms with Crippen LogP contribution in [0, 0.1) is 0 Å². The molecule has 4 heteroatoms. The fourth-order valence-corrected chi connectivity index (χ4v) is 0. The summed E-state index contributed by atoms with van der Waals surface area (Å²) in [5.74, 6) is 0. The van der Waals surface area contributed by atoms with Crippen molar-refractivity contribution in [3.63, 3.8) is 0 Å². The van der Waals surface area contributed by atoms with Gasteiger partial charge < -0.3 is 0 Å². The van der Waals surface area contributed by atoms with Gasteiger partial charge in [0, 0.05) is 36.5 Å². The Balaban J connectivity index is 0. The van der Waals surface area contributed by atoms with Gasteiger partial charge in [-0.3, -0.25) is 0 Å². The Kier molecular flexibility index (Phi) is 133. The van der Waals surface area contributed by atoms with E-state index in [2.05, 4.69) is 0 Å². The average Bonchev–Trinajstić information content (AvgIpc) is 0. The zero-order valence-electron chi connectivity index (χ0n) is 1.79. The van der Waals surface area contributed by atoms with Crippen molar-refractivity contribution in [3.8, 4) is 0 Å². The van der Waals surface area contributed by atoms with Gasteiger partial charge in [0.25, 0.3) is 0 Å². The number of hydrogen-bond donors (Lipinski definition) is 0. The summed E-state index contributed by atoms with van der Waals surface area (Å²) in [6.45, 7) is 0. The van der Waals surface area contributed by atoms with Crippen molar-refractivity contribution in [3.05, 3.63) is 0 Å². The van der Waals surface area contributed by atoms with Gasteiger partial charge in [-0.05, 0) is 0 Å². The topological polar surface area (TPSA) is 0 Å². The summed E-state index contributed by atoms with van der Waals surface area (Å²) in [6, 6.07) is 0. The smallest absolute Gasteiger partial charge is 0 e. The second kappa shape index (κ2) is 17.5. The molecule has 0 amide bonds. The Morgan fingerprint density at radius 3 is 1.00 bits per heavy atom. The summed E-state index contributed by atoms with van der Waals surface area (Å²) < 4.78 is 0. The zero-order valence-corrected chi connectivity index (χ0v) is 11.4. The molecular formula is H4BiLiMnZn. The van der Waals surface area contributed by atoms with E-state index in [0.717, 1.165) is 0 Å². The van der Waals surface area contributed by atoms with Crippen LogP contribution in [-0.2, 0) is 36.5 Å². The van der Waals surface area contributed by atoms with E-state index in [1.165, 1.54) is 0 Å². The maximum Gasteiger partial charge on any atom is 0 e. The normalized spacial score (nSPS) is 0. The van der Waals surface area contributed by atoms with Crippen molar-refractivity contribution < 1.29 is 36.5 Å². The predicted molar refractivity (Wildman–Crippen MR) is 17.1 cm³/mol. The van der Waals surface area contributed by atoms with Gasteiger partial charge in [0.15, 0.2) is 0 Å². The molecule has 0 spiro atoms. The first kappa shape index (κ1) is 30.4. The average molecular weight is 340 g/mol. The Morgan fingerprint density at radius 2 is 1.00 bits per heavy atom. The summed E-state index contributed by atoms with van der Waals surface area (Å²) >= 11 is 0. The van der Waals surface area contributed by atoms with Crippen LogP contribution in [0.4, 0.5) is 0 Å². The third-order valence-corrected chi connectivity index (χ3v) is 0. The fourth-order valence-electron chi connectivity index (χ4n) is 0. The fraction of sp³-hybridized carbons (Fsp3) is 0. The minimum Gasteiger partial charge on any atom is 0 e. The molecule has 0 nitrogen and oxygen atoms in total. The molecular weight excluding hydrogens is 336 g/mol. The molecule has 0 aromatic heterocycles. The van der Waals surface area contributed by atoms with Crippen molar-refractivity contribution in [2.45, 2.75) is 0 Å². The van der Waals surface area contributed by atoms with Crippen LogP contribution in [0.25, 0.3) is 0 Å². The van der Waals surface area contributed by atoms with Gasteiger partial charge in [0.2, 0.25) is 0 Å². The number of rotatable bonds is 0. The molecule has 0 aliphatic carbocycles. The van der Waals surface area contributed by atoms with Gasteiger partial charge in [-0.15, -0.1) is 0 Å². The van der Waals surface area contributed by atoms with Crippen LogP contribution in [0.15, 0.2) is 0 Å². The van der Waals surface area contributed by atoms with Crippen LogP contribution in [0.3, 0.4) is 0 Å². The molecule has 0 aliphatic rings. The van der Waals surface area contributed by atoms with Gasteiger partial charge in [0.05, 0.1) is 0 Å². The third-order valence-electron chi connectivity index (χ3n) is 0. The van der Waals surface area contributed by atoms with Crippen molar-refractivity contribution in [1.29, 1.82) is 0 Å². The van der Waals surface area contributed by atoms with E-state index < -0.39 is 0 Å². The minimum absolute atomic E-state index is 0. The molecule has 4 heavy (non-hydrogen) atoms. The van der Waals surface area contributed by atoms with Crippen molar-refractivity contribution >= 4 is 45.1 Å². The predicted octanol–water partition coefficient (Wildman–Crippen LogP) is -1.84. The van der Waals surface area contributed by atoms with Gasteiger partial charge in [-0.25, -0.2) is 0 Å². The number of hydrogen-bond acceptors (Lipinski definition) is 0. The van der Waals surface area contributed by atoms with E-state index in [1.54, 1.807) is 0 Å². The second-order valence-corrected chi connectivity index (χ2v) is 0. The summed E-state index contributed by atoms with van der Waals surface area (Å²) in [6.07, 6.45) is 0. The zero-order chi connectivity index (χ0) is 0. The Labute approximate surface area is 80.4 Å². The molecule has 0 heterocycles. The van der Waals surface area contributed by atoms with Crippen LogP contribution in [0.5, 0.6) is 0 Å². The third kappa shape index (κ3) is 8.82. The van der Waals surface area contributed by atoms with Crippen LogP contribution in [-0.4, -0.2) is 45.1 Å². The molecule has 0 unspecified atom stereocenters. The maximum atomic E-state index is 0. The Morgan fingerprint density at radius 1 is 1.00 bits per heavy atom. The van der Waals surface area contributed by atoms with Crippen LogP contribution in [0.1, 0.15) is 0 Å². The molecule has 0 aromatic carbocycles. The molecule has 0 saturated heterocycles. The van der Waals surface area contributed by atoms with Gasteiger partial charge >= 0.3 is 45.1 Å². The summed E-state index contributed by atoms with van der Waals surface area (Å²) in [5, 5.41) is 0. The van der Waals surface area contributed by atoms with Crippen molar-refractivity contribution in [1.82, 2.24) is 0 Å². The van der Waals surface area contributed by atoms with E-state index in [4.69, 9.17) is 0 Å². The van der Waals surface area contributed by atoms with Crippen molar-refractivity contribution in [2.75, 3.05) is 0 Å². The van der Waals surface area contributed by atoms with E-state index in [0.29, 0.717) is 0 Å². The van der Waals surface area contributed by atoms with E-state index in [-0.39, 0.29) is 81.6 Å². The van der Waals surface area contributed by atoms with E-state index >= 15 is 0 Å². The first-order chi connectivity index (χ1) is 0. The van der Waals surface area contributed by atoms with Crippen LogP contribution in [0.2, 0.25) is 0 Å². The molecule has 0 atom stereocenters. The van der Waals surface area contributed by atoms with Crippen molar-refractivity contribution in [2.24, 2.45) is 0 Å². The molecule has 0 bridgehead atoms. The Hall–Kier alpha value is 2.62. The van der Waals surface area contributed by atoms with Gasteiger partial charge in [-0.1, -0.05) is 0 Å². The summed E-state index contributed by atoms with van der Waals surface area (Å²) in [7, 11) is 0. The molecule has 0 aliphatic heterocycles. The van der Waals surface area contributed by atoms with Gasteiger partial charge in [0.1, 0.15) is 0 Å². The Bertz CT molecular complexity index is 8.00. The molecule has 0 fully saturated rings. The first-order valence-corrected chi connectivity index (χ1v) is 0. The molecule has 19 valence electrons. The summed E-state index contributed by atoms with van der Waals surface area (Å²) in [5.41, 5.74) is 0. The molecule has 0 aromatic rings. The SMILES string of the molecule is [BiH3].[LiH].[Mn].[Zn]. The standard InChI is InChI=1S/Bi.Li.Mn.Zn.4H. The molecule has 0 saturated carbocycles. The first-order valence-electron chi connectivity index (χ1n) is 0. The van der Waals surface area contributed by atoms with E-state index in [9.17, 15) is 0 Å². The molecule has 0 N–H and O–H groups in total. The van der Waals surface area contributed by atoms with Crippen LogP contribution < -0.4 is 0 Å². The van der Waals surface area contributed by atoms with E-state index in [1.807, 2.05) is 0 Å². The summed E-state index contributed by atoms with van der Waals surface area (Å²) in [4.78, 5) is 0.